The zero-order valence-corrected chi connectivity index (χ0v) is 43.2. The number of aromatic nitrogens is 2. The number of hydrogen-bond donors (Lipinski definition) is 5. The largest absolute Gasteiger partial charge is 0.481 e. The fraction of sp³-hybridized carbons (Fsp3) is 0.480. The van der Waals surface area contributed by atoms with Crippen LogP contribution >= 0.6 is 23.2 Å². The van der Waals surface area contributed by atoms with Crippen LogP contribution in [0, 0.1) is 10.8 Å². The maximum absolute atomic E-state index is 13.9. The Morgan fingerprint density at radius 1 is 0.623 bits per heavy atom. The van der Waals surface area contributed by atoms with Gasteiger partial charge in [-0.25, -0.2) is 0 Å². The summed E-state index contributed by atoms with van der Waals surface area (Å²) in [7, 11) is 7.45. The highest BCUT2D eigenvalue weighted by Gasteiger charge is 2.68. The molecule has 424 valence electrons. The Kier molecular flexibility index (Phi) is 21.0. The number of halogens is 14. The Hall–Kier alpha value is -5.76. The summed E-state index contributed by atoms with van der Waals surface area (Å²) in [6, 6.07) is 12.6. The molecular weight excluding hydrogens is 1090 g/mol. The predicted molar refractivity (Wildman–Crippen MR) is 261 cm³/mol. The van der Waals surface area contributed by atoms with Gasteiger partial charge in [-0.05, 0) is 125 Å². The summed E-state index contributed by atoms with van der Waals surface area (Å²) in [5.74, 6) is -6.06. The average molecular weight is 1150 g/mol. The minimum absolute atomic E-state index is 0.0662. The second-order valence-corrected chi connectivity index (χ2v) is 20.0. The lowest BCUT2D eigenvalue weighted by atomic mass is 9.80. The highest BCUT2D eigenvalue weighted by Crippen LogP contribution is 2.67. The number of aliphatic carboxylic acids is 1. The van der Waals surface area contributed by atoms with E-state index in [1.54, 1.807) is 37.2 Å². The van der Waals surface area contributed by atoms with Crippen molar-refractivity contribution in [2.24, 2.45) is 28.0 Å². The molecule has 2 aliphatic rings. The van der Waals surface area contributed by atoms with Gasteiger partial charge in [0.2, 0.25) is 17.7 Å². The smallest absolute Gasteiger partial charge is 0.433 e. The zero-order chi connectivity index (χ0) is 58.2. The molecule has 4 aromatic rings. The lowest BCUT2D eigenvalue weighted by Crippen LogP contribution is -2.42. The van der Waals surface area contributed by atoms with Crippen molar-refractivity contribution in [3.05, 3.63) is 128 Å². The molecule has 77 heavy (non-hydrogen) atoms. The van der Waals surface area contributed by atoms with E-state index in [0.717, 1.165) is 30.3 Å². The molecule has 0 aliphatic heterocycles. The fourth-order valence-corrected chi connectivity index (χ4v) is 9.08. The predicted octanol–water partition coefficient (Wildman–Crippen LogP) is 9.83. The Bertz CT molecular complexity index is 2680. The minimum atomic E-state index is -4.74. The van der Waals surface area contributed by atoms with E-state index in [9.17, 15) is 71.9 Å². The molecule has 8 N–H and O–H groups in total. The summed E-state index contributed by atoms with van der Waals surface area (Å²) in [5.41, 5.74) is 11.4. The molecule has 0 saturated heterocycles. The Morgan fingerprint density at radius 2 is 1.00 bits per heavy atom. The molecule has 2 saturated carbocycles. The van der Waals surface area contributed by atoms with Crippen LogP contribution in [0.3, 0.4) is 0 Å². The number of hydrogen-bond acceptors (Lipinski definition) is 9. The van der Waals surface area contributed by atoms with Crippen molar-refractivity contribution < 1.29 is 77.0 Å². The van der Waals surface area contributed by atoms with E-state index in [0.29, 0.717) is 52.5 Å². The first-order valence-corrected chi connectivity index (χ1v) is 24.1. The number of rotatable bonds is 19. The number of carboxylic acids is 1. The van der Waals surface area contributed by atoms with Crippen LogP contribution in [-0.4, -0.2) is 114 Å². The van der Waals surface area contributed by atoms with Gasteiger partial charge in [-0.3, -0.25) is 29.1 Å². The first-order chi connectivity index (χ1) is 35.5. The summed E-state index contributed by atoms with van der Waals surface area (Å²) in [6.45, 7) is 0.623. The summed E-state index contributed by atoms with van der Waals surface area (Å²) in [6.07, 6.45) is -18.5. The van der Waals surface area contributed by atoms with Crippen LogP contribution in [0.1, 0.15) is 105 Å². The van der Waals surface area contributed by atoms with E-state index in [2.05, 4.69) is 20.2 Å². The number of nitrogens with zero attached hydrogens (tertiary/aromatic N) is 4. The lowest BCUT2D eigenvalue weighted by molar-refractivity contribution is -0.196. The molecule has 2 aromatic carbocycles. The van der Waals surface area contributed by atoms with Crippen LogP contribution < -0.4 is 22.5 Å². The first-order valence-electron chi connectivity index (χ1n) is 23.4. The summed E-state index contributed by atoms with van der Waals surface area (Å²) < 4.78 is 157. The molecular formula is C50H56Cl2F12N8O5. The van der Waals surface area contributed by atoms with Crippen LogP contribution in [0.15, 0.2) is 73.1 Å². The van der Waals surface area contributed by atoms with Gasteiger partial charge >= 0.3 is 30.7 Å². The monoisotopic (exact) mass is 1150 g/mol. The topological polar surface area (TPSA) is 211 Å². The van der Waals surface area contributed by atoms with Gasteiger partial charge in [0.15, 0.2) is 0 Å². The minimum Gasteiger partial charge on any atom is -0.481 e. The van der Waals surface area contributed by atoms with Crippen LogP contribution in [0.4, 0.5) is 52.7 Å². The Labute approximate surface area is 444 Å². The van der Waals surface area contributed by atoms with Crippen molar-refractivity contribution >= 4 is 46.9 Å². The van der Waals surface area contributed by atoms with Crippen molar-refractivity contribution in [1.29, 1.82) is 0 Å². The van der Waals surface area contributed by atoms with Gasteiger partial charge < -0.3 is 37.4 Å². The average Bonchev–Trinajstić information content (AvgIpc) is 4.27. The number of benzene rings is 2. The highest BCUT2D eigenvalue weighted by atomic mass is 35.5. The van der Waals surface area contributed by atoms with Gasteiger partial charge in [-0.2, -0.15) is 52.7 Å². The number of carbonyl (C=O) groups excluding carboxylic acids is 3. The van der Waals surface area contributed by atoms with Gasteiger partial charge in [0.1, 0.15) is 11.4 Å². The zero-order valence-electron chi connectivity index (χ0n) is 41.7. The molecule has 0 spiro atoms. The van der Waals surface area contributed by atoms with E-state index in [4.69, 9.17) is 45.5 Å². The number of nitrogens with one attached hydrogen (secondary N) is 1. The Balaban J connectivity index is 0.000000276. The van der Waals surface area contributed by atoms with Gasteiger partial charge in [0.25, 0.3) is 0 Å². The molecule has 2 heterocycles. The standard InChI is InChI=1S/C25H27ClF6N4O2.C13H11F6NO2.C12H18ClN3O/c1-36(2)17(9-14-3-4-15(22(33)38)10-19(14)26)13-35-21(37)11-18(23(7-8-23)25(30,31)32)16-5-6-20(34-12-16)24(27,28)29;14-12(15,16)9-2-1-7(6-20-9)8(5-10(21)22)11(3-4-11)13(17,18)19;1-16(2)10(7-14)5-8-3-4-9(12(15)17)6-11(8)13/h3-6,10,12,17-18H,7-9,11,13H2,1-2H3,(H2,33,38)(H,35,37);1-2,6,8H,3-5H2,(H,21,22);3-4,6,10H,5,7,14H2,1-2H3,(H2,15,17)/t17-,18?;;10-/m0.0/s1. The summed E-state index contributed by atoms with van der Waals surface area (Å²) in [4.78, 5) is 56.3. The number of carboxylic acid groups (broad SMARTS) is 1. The number of carbonyl (C=O) groups is 4. The molecule has 13 nitrogen and oxygen atoms in total. The number of amides is 3. The summed E-state index contributed by atoms with van der Waals surface area (Å²) >= 11 is 12.4. The second kappa shape index (κ2) is 25.4. The van der Waals surface area contributed by atoms with Gasteiger partial charge in [-0.15, -0.1) is 0 Å². The van der Waals surface area contributed by atoms with E-state index < -0.39 is 95.3 Å². The van der Waals surface area contributed by atoms with Crippen molar-refractivity contribution in [2.75, 3.05) is 41.3 Å². The van der Waals surface area contributed by atoms with Gasteiger partial charge in [0, 0.05) is 77.0 Å². The molecule has 6 rings (SSSR count). The van der Waals surface area contributed by atoms with Gasteiger partial charge in [-0.1, -0.05) is 47.5 Å². The normalized spacial score (nSPS) is 16.4. The summed E-state index contributed by atoms with van der Waals surface area (Å²) in [5, 5.41) is 12.3. The van der Waals surface area contributed by atoms with E-state index in [1.807, 2.05) is 20.2 Å². The Morgan fingerprint density at radius 3 is 1.27 bits per heavy atom. The van der Waals surface area contributed by atoms with E-state index in [-0.39, 0.29) is 61.0 Å². The molecule has 2 fully saturated rings. The van der Waals surface area contributed by atoms with Crippen LogP contribution in [0.2, 0.25) is 10.0 Å². The molecule has 0 bridgehead atoms. The van der Waals surface area contributed by atoms with Crippen molar-refractivity contribution in [3.8, 4) is 0 Å². The second-order valence-electron chi connectivity index (χ2n) is 19.2. The SMILES string of the molecule is CN(C)[C@H](CN)Cc1ccc(C(N)=O)cc1Cl.CN(C)[C@H](CNC(=O)CC(c1ccc(C(F)(F)F)nc1)C1(C(F)(F)F)CC1)Cc1ccc(C(N)=O)cc1Cl.O=C(O)CC(c1ccc(C(F)(F)F)nc1)C1(C(F)(F)F)CC1. The third-order valence-electron chi connectivity index (χ3n) is 13.6. The molecule has 3 amide bonds. The third kappa shape index (κ3) is 16.9. The molecule has 0 radical (unpaired) electrons. The van der Waals surface area contributed by atoms with Crippen LogP contribution in [0.25, 0.3) is 0 Å². The third-order valence-corrected chi connectivity index (χ3v) is 14.3. The maximum atomic E-state index is 13.9. The molecule has 4 atom stereocenters. The van der Waals surface area contributed by atoms with Crippen molar-refractivity contribution in [1.82, 2.24) is 25.1 Å². The number of nitrogens with two attached hydrogens (primary N) is 3. The van der Waals surface area contributed by atoms with Crippen molar-refractivity contribution in [2.45, 2.75) is 100.0 Å². The molecule has 2 aromatic heterocycles. The van der Waals surface area contributed by atoms with Crippen LogP contribution in [0.5, 0.6) is 0 Å². The number of alkyl halides is 12. The molecule has 2 aliphatic carbocycles. The van der Waals surface area contributed by atoms with Gasteiger partial charge in [0.05, 0.1) is 17.3 Å². The van der Waals surface area contributed by atoms with E-state index in [1.165, 1.54) is 12.1 Å². The van der Waals surface area contributed by atoms with Crippen molar-refractivity contribution in [3.63, 3.8) is 0 Å². The number of primary amides is 2. The quantitative estimate of drug-likeness (QED) is 0.0561. The lowest BCUT2D eigenvalue weighted by Gasteiger charge is -2.30. The van der Waals surface area contributed by atoms with E-state index >= 15 is 0 Å². The maximum Gasteiger partial charge on any atom is 0.433 e. The first kappa shape index (κ1) is 63.8. The number of pyridine rings is 2. The fourth-order valence-electron chi connectivity index (χ4n) is 8.57. The molecule has 27 heteroatoms. The highest BCUT2D eigenvalue weighted by molar-refractivity contribution is 6.32. The number of likely N-dealkylation sites (N-methyl/N-ethyl adjacent to an activating group) is 2. The van der Waals surface area contributed by atoms with Crippen LogP contribution in [-0.2, 0) is 34.8 Å². The molecule has 2 unspecified atom stereocenters.